The zero-order valence-electron chi connectivity index (χ0n) is 10.6. The Morgan fingerprint density at radius 3 is 3.00 bits per heavy atom. The lowest BCUT2D eigenvalue weighted by Gasteiger charge is -2.11. The molecule has 2 heterocycles. The van der Waals surface area contributed by atoms with Gasteiger partial charge in [-0.1, -0.05) is 6.92 Å². The number of hydrogen-bond acceptors (Lipinski definition) is 5. The maximum atomic E-state index is 11.8. The highest BCUT2D eigenvalue weighted by Gasteiger charge is 2.22. The van der Waals surface area contributed by atoms with Gasteiger partial charge in [0.15, 0.2) is 0 Å². The van der Waals surface area contributed by atoms with Crippen LogP contribution >= 0.6 is 11.3 Å². The Kier molecular flexibility index (Phi) is 4.42. The fourth-order valence-electron chi connectivity index (χ4n) is 1.92. The van der Waals surface area contributed by atoms with Crippen LogP contribution < -0.4 is 14.8 Å². The van der Waals surface area contributed by atoms with Gasteiger partial charge in [0.05, 0.1) is 5.56 Å². The molecule has 0 aliphatic carbocycles. The molecule has 104 valence electrons. The molecule has 8 heteroatoms. The minimum atomic E-state index is -3.59. The number of hydrogen-bond donors (Lipinski definition) is 3. The number of thiophene rings is 1. The maximum absolute atomic E-state index is 11.8. The van der Waals surface area contributed by atoms with Gasteiger partial charge in [0.2, 0.25) is 0 Å². The van der Waals surface area contributed by atoms with Crippen LogP contribution in [0.2, 0.25) is 0 Å². The van der Waals surface area contributed by atoms with Crippen molar-refractivity contribution in [3.05, 3.63) is 16.0 Å². The van der Waals surface area contributed by atoms with Crippen LogP contribution in [0.5, 0.6) is 0 Å². The number of nitriles is 1. The van der Waals surface area contributed by atoms with Gasteiger partial charge in [-0.3, -0.25) is 4.72 Å². The number of fused-ring (bicyclic) bond motifs is 1. The molecule has 1 aliphatic rings. The van der Waals surface area contributed by atoms with E-state index in [0.717, 1.165) is 29.8 Å². The van der Waals surface area contributed by atoms with Gasteiger partial charge in [0, 0.05) is 18.0 Å². The van der Waals surface area contributed by atoms with Gasteiger partial charge in [0.25, 0.3) is 10.2 Å². The lowest BCUT2D eigenvalue weighted by molar-refractivity contribution is 0.586. The molecule has 0 saturated heterocycles. The first-order chi connectivity index (χ1) is 9.07. The van der Waals surface area contributed by atoms with Gasteiger partial charge in [-0.15, -0.1) is 11.3 Å². The van der Waals surface area contributed by atoms with Crippen molar-refractivity contribution < 1.29 is 8.42 Å². The largest absolute Gasteiger partial charge is 0.312 e. The van der Waals surface area contributed by atoms with Crippen LogP contribution in [0.15, 0.2) is 0 Å². The highest BCUT2D eigenvalue weighted by molar-refractivity contribution is 7.91. The summed E-state index contributed by atoms with van der Waals surface area (Å²) in [7, 11) is -3.59. The van der Waals surface area contributed by atoms with Gasteiger partial charge >= 0.3 is 0 Å². The van der Waals surface area contributed by atoms with E-state index in [9.17, 15) is 13.7 Å². The van der Waals surface area contributed by atoms with E-state index in [1.165, 1.54) is 11.3 Å². The van der Waals surface area contributed by atoms with Crippen LogP contribution in [0.1, 0.15) is 29.3 Å². The SMILES string of the molecule is CCCNS(=O)(=O)Nc1sc2c(c1C#N)CCNC2. The number of nitrogens with one attached hydrogen (secondary N) is 3. The predicted molar refractivity (Wildman–Crippen MR) is 75.3 cm³/mol. The second-order valence-electron chi connectivity index (χ2n) is 4.25. The lowest BCUT2D eigenvalue weighted by atomic mass is 10.1. The Morgan fingerprint density at radius 2 is 2.32 bits per heavy atom. The van der Waals surface area contributed by atoms with Crippen LogP contribution in [0.4, 0.5) is 5.00 Å². The van der Waals surface area contributed by atoms with E-state index in [1.54, 1.807) is 0 Å². The van der Waals surface area contributed by atoms with Crippen LogP contribution in [0.25, 0.3) is 0 Å². The van der Waals surface area contributed by atoms with Gasteiger partial charge < -0.3 is 5.32 Å². The molecule has 1 aliphatic heterocycles. The molecule has 19 heavy (non-hydrogen) atoms. The molecule has 0 aromatic carbocycles. The normalized spacial score (nSPS) is 14.7. The molecule has 2 rings (SSSR count). The van der Waals surface area contributed by atoms with Crippen molar-refractivity contribution in [1.82, 2.24) is 10.0 Å². The van der Waals surface area contributed by atoms with Crippen LogP contribution in [-0.2, 0) is 23.2 Å². The van der Waals surface area contributed by atoms with Crippen molar-refractivity contribution in [2.45, 2.75) is 26.3 Å². The van der Waals surface area contributed by atoms with Gasteiger partial charge in [-0.25, -0.2) is 0 Å². The average molecular weight is 300 g/mol. The highest BCUT2D eigenvalue weighted by Crippen LogP contribution is 2.35. The van der Waals surface area contributed by atoms with Crippen LogP contribution in [0, 0.1) is 11.3 Å². The van der Waals surface area contributed by atoms with Crippen molar-refractivity contribution in [3.63, 3.8) is 0 Å². The summed E-state index contributed by atoms with van der Waals surface area (Å²) in [4.78, 5) is 1.04. The summed E-state index contributed by atoms with van der Waals surface area (Å²) in [6, 6.07) is 2.11. The number of rotatable bonds is 5. The lowest BCUT2D eigenvalue weighted by Crippen LogP contribution is -2.30. The topological polar surface area (TPSA) is 94.0 Å². The van der Waals surface area contributed by atoms with E-state index < -0.39 is 10.2 Å². The van der Waals surface area contributed by atoms with Gasteiger partial charge in [-0.05, 0) is 24.9 Å². The Morgan fingerprint density at radius 1 is 1.53 bits per heavy atom. The Bertz CT molecular complexity index is 601. The van der Waals surface area contributed by atoms with Crippen molar-refractivity contribution in [2.24, 2.45) is 0 Å². The van der Waals surface area contributed by atoms with E-state index in [1.807, 2.05) is 6.92 Å². The third-order valence-corrected chi connectivity index (χ3v) is 5.14. The molecule has 0 bridgehead atoms. The zero-order chi connectivity index (χ0) is 13.9. The highest BCUT2D eigenvalue weighted by atomic mass is 32.2. The molecule has 3 N–H and O–H groups in total. The van der Waals surface area contributed by atoms with Crippen molar-refractivity contribution in [3.8, 4) is 6.07 Å². The summed E-state index contributed by atoms with van der Waals surface area (Å²) in [6.45, 7) is 3.78. The molecule has 0 radical (unpaired) electrons. The molecular formula is C11H16N4O2S2. The summed E-state index contributed by atoms with van der Waals surface area (Å²) in [5.74, 6) is 0. The molecule has 0 unspecified atom stereocenters. The minimum absolute atomic E-state index is 0.379. The third-order valence-electron chi connectivity index (χ3n) is 2.81. The Hall–Kier alpha value is -1.14. The minimum Gasteiger partial charge on any atom is -0.312 e. The molecule has 1 aromatic rings. The second kappa shape index (κ2) is 5.88. The summed E-state index contributed by atoms with van der Waals surface area (Å²) in [5, 5.41) is 12.8. The van der Waals surface area contributed by atoms with E-state index in [0.29, 0.717) is 23.7 Å². The molecule has 0 amide bonds. The summed E-state index contributed by atoms with van der Waals surface area (Å²) in [6.07, 6.45) is 1.48. The summed E-state index contributed by atoms with van der Waals surface area (Å²) in [5.41, 5.74) is 1.43. The van der Waals surface area contributed by atoms with Crippen LogP contribution in [0.3, 0.4) is 0 Å². The van der Waals surface area contributed by atoms with Crippen molar-refractivity contribution >= 4 is 26.5 Å². The number of anilines is 1. The molecule has 1 aromatic heterocycles. The standard InChI is InChI=1S/C11H16N4O2S2/c1-2-4-14-19(16,17)15-11-9(6-12)8-3-5-13-7-10(8)18-11/h13-15H,2-5,7H2,1H3. The van der Waals surface area contributed by atoms with Gasteiger partial charge in [0.1, 0.15) is 11.1 Å². The van der Waals surface area contributed by atoms with Crippen LogP contribution in [-0.4, -0.2) is 21.5 Å². The molecule has 0 fully saturated rings. The summed E-state index contributed by atoms with van der Waals surface area (Å²) >= 11 is 1.33. The smallest absolute Gasteiger partial charge is 0.299 e. The van der Waals surface area contributed by atoms with Crippen molar-refractivity contribution in [1.29, 1.82) is 5.26 Å². The first kappa shape index (κ1) is 14.3. The zero-order valence-corrected chi connectivity index (χ0v) is 12.2. The van der Waals surface area contributed by atoms with E-state index >= 15 is 0 Å². The van der Waals surface area contributed by atoms with E-state index in [4.69, 9.17) is 0 Å². The monoisotopic (exact) mass is 300 g/mol. The van der Waals surface area contributed by atoms with E-state index in [-0.39, 0.29) is 0 Å². The average Bonchev–Trinajstić information content (AvgIpc) is 2.72. The molecule has 0 atom stereocenters. The third kappa shape index (κ3) is 3.25. The van der Waals surface area contributed by atoms with Crippen molar-refractivity contribution in [2.75, 3.05) is 17.8 Å². The van der Waals surface area contributed by atoms with E-state index in [2.05, 4.69) is 20.8 Å². The fraction of sp³-hybridized carbons (Fsp3) is 0.545. The fourth-order valence-corrected chi connectivity index (χ4v) is 4.33. The Labute approximate surface area is 117 Å². The molecule has 0 saturated carbocycles. The first-order valence-electron chi connectivity index (χ1n) is 6.10. The summed E-state index contributed by atoms with van der Waals surface area (Å²) < 4.78 is 28.5. The maximum Gasteiger partial charge on any atom is 0.299 e. The predicted octanol–water partition coefficient (Wildman–Crippen LogP) is 0.922. The molecule has 6 nitrogen and oxygen atoms in total. The molecular weight excluding hydrogens is 284 g/mol. The first-order valence-corrected chi connectivity index (χ1v) is 8.40. The van der Waals surface area contributed by atoms with Gasteiger partial charge in [-0.2, -0.15) is 18.4 Å². The number of nitrogens with zero attached hydrogens (tertiary/aromatic N) is 1. The molecule has 0 spiro atoms. The quantitative estimate of drug-likeness (QED) is 0.754. The Balaban J connectivity index is 2.26. The second-order valence-corrected chi connectivity index (χ2v) is 6.85.